The lowest BCUT2D eigenvalue weighted by Crippen LogP contribution is -2.48. The molecule has 1 unspecified atom stereocenters. The Morgan fingerprint density at radius 3 is 2.48 bits per heavy atom. The summed E-state index contributed by atoms with van der Waals surface area (Å²) in [5, 5.41) is 10.7. The molecule has 7 heteroatoms. The van der Waals surface area contributed by atoms with Crippen molar-refractivity contribution in [2.45, 2.75) is 39.0 Å². The summed E-state index contributed by atoms with van der Waals surface area (Å²) in [7, 11) is 1.12. The van der Waals surface area contributed by atoms with E-state index in [-0.39, 0.29) is 13.2 Å². The van der Waals surface area contributed by atoms with E-state index in [2.05, 4.69) is 0 Å². The van der Waals surface area contributed by atoms with E-state index < -0.39 is 41.8 Å². The monoisotopic (exact) mass is 349 g/mol. The molecule has 1 aliphatic heterocycles. The van der Waals surface area contributed by atoms with Gasteiger partial charge in [-0.25, -0.2) is 0 Å². The van der Waals surface area contributed by atoms with Crippen LogP contribution in [-0.4, -0.2) is 53.7 Å². The van der Waals surface area contributed by atoms with Gasteiger partial charge in [0.1, 0.15) is 0 Å². The van der Waals surface area contributed by atoms with Crippen molar-refractivity contribution < 1.29 is 29.0 Å². The zero-order valence-corrected chi connectivity index (χ0v) is 14.6. The fraction of sp³-hybridized carbons (Fsp3) is 0.500. The van der Waals surface area contributed by atoms with Crippen molar-refractivity contribution in [2.75, 3.05) is 13.7 Å². The first-order chi connectivity index (χ1) is 11.9. The van der Waals surface area contributed by atoms with Gasteiger partial charge in [-0.2, -0.15) is 0 Å². The first-order valence-corrected chi connectivity index (χ1v) is 8.15. The molecule has 0 radical (unpaired) electrons. The third-order valence-electron chi connectivity index (χ3n) is 4.57. The number of ether oxygens (including phenoxy) is 2. The van der Waals surface area contributed by atoms with Gasteiger partial charge in [-0.1, -0.05) is 30.3 Å². The van der Waals surface area contributed by atoms with Crippen LogP contribution < -0.4 is 0 Å². The van der Waals surface area contributed by atoms with Gasteiger partial charge in [0.15, 0.2) is 5.41 Å². The van der Waals surface area contributed by atoms with Crippen LogP contribution in [0.1, 0.15) is 25.8 Å². The smallest absolute Gasteiger partial charge is 0.324 e. The molecule has 1 fully saturated rings. The molecule has 1 saturated heterocycles. The Morgan fingerprint density at radius 1 is 1.28 bits per heavy atom. The van der Waals surface area contributed by atoms with E-state index in [4.69, 9.17) is 9.47 Å². The van der Waals surface area contributed by atoms with Crippen LogP contribution >= 0.6 is 0 Å². The number of nitrogens with zero attached hydrogens (tertiary/aromatic N) is 1. The summed E-state index contributed by atoms with van der Waals surface area (Å²) in [6.45, 7) is 3.60. The van der Waals surface area contributed by atoms with Gasteiger partial charge in [0.25, 0.3) is 0 Å². The summed E-state index contributed by atoms with van der Waals surface area (Å²) in [6.07, 6.45) is -1.93. The predicted molar refractivity (Wildman–Crippen MR) is 88.2 cm³/mol. The lowest BCUT2D eigenvalue weighted by Gasteiger charge is -2.26. The molecule has 0 aliphatic carbocycles. The molecule has 2 rings (SSSR count). The number of esters is 2. The Hall–Kier alpha value is -2.41. The number of methoxy groups -OCH3 is 1. The van der Waals surface area contributed by atoms with E-state index in [1.165, 1.54) is 4.90 Å². The number of amides is 1. The number of rotatable bonds is 6. The minimum atomic E-state index is -1.98. The zero-order valence-electron chi connectivity index (χ0n) is 14.6. The molecule has 7 nitrogen and oxygen atoms in total. The van der Waals surface area contributed by atoms with Crippen molar-refractivity contribution >= 4 is 17.8 Å². The maximum absolute atomic E-state index is 13.1. The summed E-state index contributed by atoms with van der Waals surface area (Å²) in [4.78, 5) is 38.8. The number of benzene rings is 1. The molecule has 1 aromatic rings. The van der Waals surface area contributed by atoms with Crippen LogP contribution in [0.3, 0.4) is 0 Å². The normalized spacial score (nSPS) is 25.8. The molecule has 1 aliphatic rings. The zero-order chi connectivity index (χ0) is 18.6. The van der Waals surface area contributed by atoms with E-state index in [0.717, 1.165) is 12.7 Å². The van der Waals surface area contributed by atoms with Crippen LogP contribution in [0.25, 0.3) is 0 Å². The van der Waals surface area contributed by atoms with Crippen molar-refractivity contribution in [2.24, 2.45) is 5.41 Å². The van der Waals surface area contributed by atoms with Crippen molar-refractivity contribution in [3.05, 3.63) is 35.9 Å². The summed E-state index contributed by atoms with van der Waals surface area (Å²) >= 11 is 0. The SMILES string of the molecule is CCOC(=O)CC1(C(=O)OC)C(=O)N(Cc2ccccc2)[C@H](C)[C@@H]1O. The van der Waals surface area contributed by atoms with Crippen molar-refractivity contribution in [1.29, 1.82) is 0 Å². The fourth-order valence-corrected chi connectivity index (χ4v) is 3.23. The molecule has 0 spiro atoms. The fourth-order valence-electron chi connectivity index (χ4n) is 3.23. The molecule has 0 bridgehead atoms. The second-order valence-corrected chi connectivity index (χ2v) is 6.05. The minimum Gasteiger partial charge on any atom is -0.468 e. The third-order valence-corrected chi connectivity index (χ3v) is 4.57. The topological polar surface area (TPSA) is 93.1 Å². The first-order valence-electron chi connectivity index (χ1n) is 8.15. The molecule has 3 atom stereocenters. The molecule has 1 amide bonds. The van der Waals surface area contributed by atoms with Crippen LogP contribution in [0, 0.1) is 5.41 Å². The van der Waals surface area contributed by atoms with E-state index in [1.807, 2.05) is 30.3 Å². The van der Waals surface area contributed by atoms with Crippen LogP contribution in [-0.2, 0) is 30.4 Å². The Balaban J connectivity index is 2.37. The van der Waals surface area contributed by atoms with Gasteiger partial charge in [-0.05, 0) is 19.4 Å². The summed E-state index contributed by atoms with van der Waals surface area (Å²) in [6, 6.07) is 8.56. The maximum Gasteiger partial charge on any atom is 0.324 e. The van der Waals surface area contributed by atoms with Gasteiger partial charge < -0.3 is 19.5 Å². The summed E-state index contributed by atoms with van der Waals surface area (Å²) in [5.41, 5.74) is -1.12. The van der Waals surface area contributed by atoms with Crippen molar-refractivity contribution in [1.82, 2.24) is 4.90 Å². The van der Waals surface area contributed by atoms with Crippen molar-refractivity contribution in [3.8, 4) is 0 Å². The minimum absolute atomic E-state index is 0.115. The lowest BCUT2D eigenvalue weighted by atomic mass is 9.79. The maximum atomic E-state index is 13.1. The molecule has 1 aromatic carbocycles. The van der Waals surface area contributed by atoms with Crippen LogP contribution in [0.4, 0.5) is 0 Å². The number of carbonyl (C=O) groups is 3. The molecule has 0 saturated carbocycles. The average Bonchev–Trinajstić information content (AvgIpc) is 2.78. The van der Waals surface area contributed by atoms with E-state index >= 15 is 0 Å². The van der Waals surface area contributed by atoms with Crippen LogP contribution in [0.2, 0.25) is 0 Å². The molecule has 1 heterocycles. The van der Waals surface area contributed by atoms with E-state index in [9.17, 15) is 19.5 Å². The van der Waals surface area contributed by atoms with Crippen LogP contribution in [0.15, 0.2) is 30.3 Å². The predicted octanol–water partition coefficient (Wildman–Crippen LogP) is 0.891. The van der Waals surface area contributed by atoms with Crippen molar-refractivity contribution in [3.63, 3.8) is 0 Å². The highest BCUT2D eigenvalue weighted by molar-refractivity contribution is 6.08. The highest BCUT2D eigenvalue weighted by Gasteiger charge is 2.64. The molecular formula is C18H23NO6. The summed E-state index contributed by atoms with van der Waals surface area (Å²) in [5.74, 6) is -2.29. The number of aliphatic hydroxyl groups is 1. The highest BCUT2D eigenvalue weighted by Crippen LogP contribution is 2.41. The first kappa shape index (κ1) is 18.9. The second-order valence-electron chi connectivity index (χ2n) is 6.05. The Morgan fingerprint density at radius 2 is 1.92 bits per heavy atom. The molecule has 25 heavy (non-hydrogen) atoms. The lowest BCUT2D eigenvalue weighted by molar-refractivity contribution is -0.170. The number of likely N-dealkylation sites (tertiary alicyclic amines) is 1. The van der Waals surface area contributed by atoms with Gasteiger partial charge in [0, 0.05) is 6.54 Å². The largest absolute Gasteiger partial charge is 0.468 e. The van der Waals surface area contributed by atoms with Gasteiger partial charge in [0.2, 0.25) is 5.91 Å². The number of hydrogen-bond donors (Lipinski definition) is 1. The average molecular weight is 349 g/mol. The van der Waals surface area contributed by atoms with Gasteiger partial charge in [-0.3, -0.25) is 14.4 Å². The highest BCUT2D eigenvalue weighted by atomic mass is 16.5. The second kappa shape index (κ2) is 7.65. The third kappa shape index (κ3) is 3.37. The van der Waals surface area contributed by atoms with E-state index in [1.54, 1.807) is 13.8 Å². The Bertz CT molecular complexity index is 646. The van der Waals surface area contributed by atoms with Gasteiger partial charge >= 0.3 is 11.9 Å². The Labute approximate surface area is 146 Å². The summed E-state index contributed by atoms with van der Waals surface area (Å²) < 4.78 is 9.63. The number of hydrogen-bond acceptors (Lipinski definition) is 6. The van der Waals surface area contributed by atoms with E-state index in [0.29, 0.717) is 0 Å². The Kier molecular flexibility index (Phi) is 5.79. The molecular weight excluding hydrogens is 326 g/mol. The quantitative estimate of drug-likeness (QED) is 0.606. The number of carbonyl (C=O) groups excluding carboxylic acids is 3. The van der Waals surface area contributed by atoms with Gasteiger partial charge in [-0.15, -0.1) is 0 Å². The number of aliphatic hydroxyl groups excluding tert-OH is 1. The molecule has 1 N–H and O–H groups in total. The molecule has 136 valence electrons. The molecule has 0 aromatic heterocycles. The van der Waals surface area contributed by atoms with Gasteiger partial charge in [0.05, 0.1) is 32.3 Å². The van der Waals surface area contributed by atoms with Crippen LogP contribution in [0.5, 0.6) is 0 Å². The standard InChI is InChI=1S/C18H23NO6/c1-4-25-14(20)10-18(17(23)24-3)15(21)12(2)19(16(18)22)11-13-8-6-5-7-9-13/h5-9,12,15,21H,4,10-11H2,1-3H3/t12-,15+,18?/m1/s1.